The number of aromatic carboxylic acids is 1. The molecule has 6 nitrogen and oxygen atoms in total. The Bertz CT molecular complexity index is 952. The smallest absolute Gasteiger partial charge is 0.418 e. The molecule has 0 spiro atoms. The van der Waals surface area contributed by atoms with Gasteiger partial charge in [0.05, 0.1) is 16.3 Å². The molecule has 0 radical (unpaired) electrons. The van der Waals surface area contributed by atoms with Crippen LogP contribution >= 0.6 is 11.6 Å². The van der Waals surface area contributed by atoms with Crippen LogP contribution in [0.25, 0.3) is 0 Å². The van der Waals surface area contributed by atoms with Crippen molar-refractivity contribution in [3.05, 3.63) is 45.7 Å². The van der Waals surface area contributed by atoms with Crippen molar-refractivity contribution in [2.45, 2.75) is 24.9 Å². The highest BCUT2D eigenvalue weighted by atomic mass is 35.5. The first-order chi connectivity index (χ1) is 11.4. The number of para-hydroxylation sites is 1. The predicted octanol–water partition coefficient (Wildman–Crippen LogP) is 3.80. The quantitative estimate of drug-likeness (QED) is 0.731. The number of carboxylic acid groups (broad SMARTS) is 1. The first-order valence-corrected chi connectivity index (χ1v) is 8.53. The van der Waals surface area contributed by atoms with E-state index in [4.69, 9.17) is 11.6 Å². The molecule has 0 aliphatic heterocycles. The number of hydrogen-bond acceptors (Lipinski definition) is 3. The number of halogens is 4. The first kappa shape index (κ1) is 19.1. The highest BCUT2D eigenvalue weighted by molar-refractivity contribution is 7.92. The number of anilines is 1. The molecule has 0 atom stereocenters. The molecule has 11 heteroatoms. The van der Waals surface area contributed by atoms with Crippen LogP contribution in [0, 0.1) is 13.8 Å². The molecule has 0 aliphatic rings. The van der Waals surface area contributed by atoms with Gasteiger partial charge < -0.3 is 10.1 Å². The van der Waals surface area contributed by atoms with E-state index in [-0.39, 0.29) is 11.4 Å². The fourth-order valence-corrected chi connectivity index (χ4v) is 4.23. The Morgan fingerprint density at radius 2 is 1.84 bits per heavy atom. The van der Waals surface area contributed by atoms with Crippen LogP contribution < -0.4 is 4.72 Å². The molecule has 0 bridgehead atoms. The monoisotopic (exact) mass is 396 g/mol. The van der Waals surface area contributed by atoms with E-state index < -0.39 is 48.9 Å². The maximum absolute atomic E-state index is 13.1. The Kier molecular flexibility index (Phi) is 4.79. The second kappa shape index (κ2) is 6.26. The average molecular weight is 397 g/mol. The van der Waals surface area contributed by atoms with Gasteiger partial charge in [0.1, 0.15) is 10.5 Å². The van der Waals surface area contributed by atoms with Crippen LogP contribution in [0.15, 0.2) is 23.1 Å². The van der Waals surface area contributed by atoms with Crippen molar-refractivity contribution in [3.63, 3.8) is 0 Å². The lowest BCUT2D eigenvalue weighted by atomic mass is 10.2. The molecular weight excluding hydrogens is 385 g/mol. The van der Waals surface area contributed by atoms with Gasteiger partial charge >= 0.3 is 12.1 Å². The molecule has 0 fully saturated rings. The van der Waals surface area contributed by atoms with Crippen molar-refractivity contribution in [3.8, 4) is 0 Å². The largest absolute Gasteiger partial charge is 0.478 e. The predicted molar refractivity (Wildman–Crippen MR) is 84.5 cm³/mol. The van der Waals surface area contributed by atoms with Crippen molar-refractivity contribution in [1.29, 1.82) is 0 Å². The van der Waals surface area contributed by atoms with Crippen LogP contribution in [-0.2, 0) is 16.2 Å². The summed E-state index contributed by atoms with van der Waals surface area (Å²) >= 11 is 5.73. The molecule has 0 aliphatic carbocycles. The number of H-pyrrole nitrogens is 1. The zero-order valence-corrected chi connectivity index (χ0v) is 14.4. The minimum Gasteiger partial charge on any atom is -0.478 e. The molecule has 0 amide bonds. The number of nitrogens with one attached hydrogen (secondary N) is 2. The summed E-state index contributed by atoms with van der Waals surface area (Å²) in [5.74, 6) is -1.53. The van der Waals surface area contributed by atoms with Crippen LogP contribution in [0.5, 0.6) is 0 Å². The number of benzene rings is 1. The zero-order valence-electron chi connectivity index (χ0n) is 12.8. The summed E-state index contributed by atoms with van der Waals surface area (Å²) in [6.07, 6.45) is -4.86. The van der Waals surface area contributed by atoms with Gasteiger partial charge in [0, 0.05) is 11.4 Å². The Labute approximate surface area is 145 Å². The number of aromatic nitrogens is 1. The first-order valence-electron chi connectivity index (χ1n) is 6.67. The van der Waals surface area contributed by atoms with Crippen molar-refractivity contribution in [2.75, 3.05) is 4.72 Å². The number of sulfonamides is 1. The normalized spacial score (nSPS) is 12.2. The molecule has 136 valence electrons. The third kappa shape index (κ3) is 3.59. The van der Waals surface area contributed by atoms with E-state index in [1.165, 1.54) is 13.8 Å². The number of carboxylic acids is 1. The van der Waals surface area contributed by atoms with E-state index in [1.807, 2.05) is 0 Å². The minimum absolute atomic E-state index is 0.0250. The molecule has 0 unspecified atom stereocenters. The lowest BCUT2D eigenvalue weighted by Crippen LogP contribution is -2.20. The molecular formula is C14H12ClF3N2O4S. The number of aromatic amines is 1. The van der Waals surface area contributed by atoms with E-state index >= 15 is 0 Å². The van der Waals surface area contributed by atoms with Crippen LogP contribution in [0.2, 0.25) is 5.02 Å². The highest BCUT2D eigenvalue weighted by Crippen LogP contribution is 2.40. The van der Waals surface area contributed by atoms with Crippen LogP contribution in [0.1, 0.15) is 27.3 Å². The maximum Gasteiger partial charge on any atom is 0.418 e. The highest BCUT2D eigenvalue weighted by Gasteiger charge is 2.37. The summed E-state index contributed by atoms with van der Waals surface area (Å²) < 4.78 is 66.2. The van der Waals surface area contributed by atoms with Gasteiger partial charge in [-0.15, -0.1) is 0 Å². The summed E-state index contributed by atoms with van der Waals surface area (Å²) in [4.78, 5) is 13.2. The van der Waals surface area contributed by atoms with Crippen molar-refractivity contribution in [2.24, 2.45) is 0 Å². The Hall–Kier alpha value is -2.20. The van der Waals surface area contributed by atoms with Crippen LogP contribution in [0.4, 0.5) is 18.9 Å². The molecule has 1 heterocycles. The van der Waals surface area contributed by atoms with E-state index in [1.54, 1.807) is 4.72 Å². The molecule has 0 saturated heterocycles. The van der Waals surface area contributed by atoms with Crippen molar-refractivity contribution in [1.82, 2.24) is 4.98 Å². The van der Waals surface area contributed by atoms with Gasteiger partial charge in [-0.3, -0.25) is 4.72 Å². The fraction of sp³-hybridized carbons (Fsp3) is 0.214. The number of alkyl halides is 3. The lowest BCUT2D eigenvalue weighted by molar-refractivity contribution is -0.136. The van der Waals surface area contributed by atoms with Gasteiger partial charge in [-0.1, -0.05) is 17.7 Å². The molecule has 3 N–H and O–H groups in total. The average Bonchev–Trinajstić information content (AvgIpc) is 2.75. The number of carbonyl (C=O) groups is 1. The second-order valence-electron chi connectivity index (χ2n) is 5.15. The maximum atomic E-state index is 13.1. The molecule has 25 heavy (non-hydrogen) atoms. The summed E-state index contributed by atoms with van der Waals surface area (Å²) in [5.41, 5.74) is -2.68. The van der Waals surface area contributed by atoms with Gasteiger partial charge in [-0.2, -0.15) is 13.2 Å². The number of hydrogen-bond donors (Lipinski definition) is 3. The summed E-state index contributed by atoms with van der Waals surface area (Å²) in [7, 11) is -4.65. The Balaban J connectivity index is 2.66. The van der Waals surface area contributed by atoms with Crippen LogP contribution in [-0.4, -0.2) is 24.5 Å². The van der Waals surface area contributed by atoms with Gasteiger partial charge in [0.2, 0.25) is 0 Å². The van der Waals surface area contributed by atoms with Crippen LogP contribution in [0.3, 0.4) is 0 Å². The van der Waals surface area contributed by atoms with E-state index in [0.717, 1.165) is 12.1 Å². The SMILES string of the molecule is Cc1[nH]c(C)c(S(=O)(=O)Nc2c(Cl)cccc2C(F)(F)F)c1C(=O)O. The van der Waals surface area contributed by atoms with Gasteiger partial charge in [0.25, 0.3) is 10.0 Å². The number of aryl methyl sites for hydroxylation is 2. The van der Waals surface area contributed by atoms with Crippen molar-refractivity contribution < 1.29 is 31.5 Å². The zero-order chi connectivity index (χ0) is 19.2. The lowest BCUT2D eigenvalue weighted by Gasteiger charge is -2.16. The Morgan fingerprint density at radius 3 is 2.36 bits per heavy atom. The summed E-state index contributed by atoms with van der Waals surface area (Å²) in [6, 6.07) is 2.77. The standard InChI is InChI=1S/C14H12ClF3N2O4S/c1-6-10(13(21)22)12(7(2)19-6)25(23,24)20-11-8(14(16,17)18)4-3-5-9(11)15/h3-5,19-20H,1-2H3,(H,21,22). The third-order valence-electron chi connectivity index (χ3n) is 3.36. The summed E-state index contributed by atoms with van der Waals surface area (Å²) in [5, 5.41) is 8.74. The van der Waals surface area contributed by atoms with Gasteiger partial charge in [0.15, 0.2) is 0 Å². The topological polar surface area (TPSA) is 99.3 Å². The van der Waals surface area contributed by atoms with Crippen molar-refractivity contribution >= 4 is 33.3 Å². The fourth-order valence-electron chi connectivity index (χ4n) is 2.40. The molecule has 2 aromatic rings. The Morgan fingerprint density at radius 1 is 1.24 bits per heavy atom. The minimum atomic E-state index is -4.86. The molecule has 1 aromatic carbocycles. The molecule has 2 rings (SSSR count). The molecule has 0 saturated carbocycles. The van der Waals surface area contributed by atoms with Gasteiger partial charge in [-0.25, -0.2) is 13.2 Å². The molecule has 1 aromatic heterocycles. The van der Waals surface area contributed by atoms with E-state index in [0.29, 0.717) is 6.07 Å². The second-order valence-corrected chi connectivity index (χ2v) is 7.18. The van der Waals surface area contributed by atoms with E-state index in [2.05, 4.69) is 4.98 Å². The number of rotatable bonds is 4. The summed E-state index contributed by atoms with van der Waals surface area (Å²) in [6.45, 7) is 2.64. The van der Waals surface area contributed by atoms with E-state index in [9.17, 15) is 31.5 Å². The third-order valence-corrected chi connectivity index (χ3v) is 5.19. The van der Waals surface area contributed by atoms with Gasteiger partial charge in [-0.05, 0) is 26.0 Å².